The summed E-state index contributed by atoms with van der Waals surface area (Å²) in [5.41, 5.74) is 1.25. The molecular formula is C19H23NO2. The zero-order valence-corrected chi connectivity index (χ0v) is 13.3. The van der Waals surface area contributed by atoms with E-state index in [1.165, 1.54) is 16.3 Å². The second-order valence-electron chi connectivity index (χ2n) is 6.12. The number of hydrogen-bond donors (Lipinski definition) is 0. The van der Waals surface area contributed by atoms with Gasteiger partial charge in [-0.25, -0.2) is 0 Å². The summed E-state index contributed by atoms with van der Waals surface area (Å²) in [5.74, 6) is 0.118. The normalized spacial score (nSPS) is 22.6. The van der Waals surface area contributed by atoms with E-state index in [0.29, 0.717) is 6.61 Å². The number of hydrogen-bond acceptors (Lipinski definition) is 3. The summed E-state index contributed by atoms with van der Waals surface area (Å²) in [6.45, 7) is 4.11. The Balaban J connectivity index is 1.93. The monoisotopic (exact) mass is 297 g/mol. The van der Waals surface area contributed by atoms with Crippen molar-refractivity contribution in [1.82, 2.24) is 4.90 Å². The van der Waals surface area contributed by atoms with Crippen LogP contribution in [0, 0.1) is 5.92 Å². The molecule has 2 aromatic carbocycles. The lowest BCUT2D eigenvalue weighted by atomic mass is 9.80. The molecule has 0 aromatic heterocycles. The molecule has 1 aliphatic rings. The van der Waals surface area contributed by atoms with Crippen molar-refractivity contribution >= 4 is 16.7 Å². The highest BCUT2D eigenvalue weighted by Crippen LogP contribution is 2.34. The highest BCUT2D eigenvalue weighted by Gasteiger charge is 2.35. The van der Waals surface area contributed by atoms with Crippen LogP contribution in [0.5, 0.6) is 0 Å². The highest BCUT2D eigenvalue weighted by molar-refractivity contribution is 5.83. The predicted octanol–water partition coefficient (Wildman–Crippen LogP) is 3.44. The zero-order valence-electron chi connectivity index (χ0n) is 13.3. The topological polar surface area (TPSA) is 29.5 Å². The minimum atomic E-state index is -0.0696. The number of ether oxygens (including phenoxy) is 1. The van der Waals surface area contributed by atoms with E-state index in [-0.39, 0.29) is 17.8 Å². The summed E-state index contributed by atoms with van der Waals surface area (Å²) in [4.78, 5) is 14.6. The number of benzene rings is 2. The van der Waals surface area contributed by atoms with Gasteiger partial charge in [0.2, 0.25) is 0 Å². The molecule has 3 nitrogen and oxygen atoms in total. The SMILES string of the molecule is CCOC(=O)C1CN(C)CCC1c1ccc2ccccc2c1. The Bertz CT molecular complexity index is 667. The van der Waals surface area contributed by atoms with Gasteiger partial charge in [0.1, 0.15) is 0 Å². The lowest BCUT2D eigenvalue weighted by Crippen LogP contribution is -2.41. The molecule has 2 unspecified atom stereocenters. The molecule has 22 heavy (non-hydrogen) atoms. The number of fused-ring (bicyclic) bond motifs is 1. The van der Waals surface area contributed by atoms with Crippen molar-refractivity contribution in [3.8, 4) is 0 Å². The van der Waals surface area contributed by atoms with Crippen molar-refractivity contribution < 1.29 is 9.53 Å². The molecule has 3 heteroatoms. The van der Waals surface area contributed by atoms with Gasteiger partial charge in [-0.1, -0.05) is 42.5 Å². The minimum absolute atomic E-state index is 0.0628. The van der Waals surface area contributed by atoms with Crippen LogP contribution in [-0.4, -0.2) is 37.6 Å². The van der Waals surface area contributed by atoms with Gasteiger partial charge in [-0.3, -0.25) is 4.79 Å². The zero-order chi connectivity index (χ0) is 15.5. The molecule has 0 saturated carbocycles. The van der Waals surface area contributed by atoms with E-state index >= 15 is 0 Å². The molecule has 0 bridgehead atoms. The van der Waals surface area contributed by atoms with Gasteiger partial charge in [-0.2, -0.15) is 0 Å². The number of likely N-dealkylation sites (tertiary alicyclic amines) is 1. The van der Waals surface area contributed by atoms with Gasteiger partial charge < -0.3 is 9.64 Å². The molecule has 2 aromatic rings. The fourth-order valence-corrected chi connectivity index (χ4v) is 3.44. The number of esters is 1. The Morgan fingerprint density at radius 3 is 2.77 bits per heavy atom. The quantitative estimate of drug-likeness (QED) is 0.813. The van der Waals surface area contributed by atoms with Gasteiger partial charge in [0.25, 0.3) is 0 Å². The summed E-state index contributed by atoms with van der Waals surface area (Å²) in [6.07, 6.45) is 0.998. The molecule has 3 rings (SSSR count). The van der Waals surface area contributed by atoms with Crippen molar-refractivity contribution in [2.24, 2.45) is 5.92 Å². The van der Waals surface area contributed by atoms with Crippen LogP contribution in [0.3, 0.4) is 0 Å². The van der Waals surface area contributed by atoms with Crippen molar-refractivity contribution in [2.45, 2.75) is 19.3 Å². The first-order valence-electron chi connectivity index (χ1n) is 8.03. The number of rotatable bonds is 3. The second kappa shape index (κ2) is 6.49. The molecule has 1 heterocycles. The van der Waals surface area contributed by atoms with Crippen molar-refractivity contribution in [2.75, 3.05) is 26.7 Å². The maximum absolute atomic E-state index is 12.3. The van der Waals surface area contributed by atoms with Crippen molar-refractivity contribution in [3.05, 3.63) is 48.0 Å². The Hall–Kier alpha value is -1.87. The molecule has 0 aliphatic carbocycles. The summed E-state index contributed by atoms with van der Waals surface area (Å²) < 4.78 is 5.30. The fraction of sp³-hybridized carbons (Fsp3) is 0.421. The van der Waals surface area contributed by atoms with E-state index in [4.69, 9.17) is 4.74 Å². The smallest absolute Gasteiger partial charge is 0.310 e. The van der Waals surface area contributed by atoms with E-state index in [1.54, 1.807) is 0 Å². The number of piperidine rings is 1. The van der Waals surface area contributed by atoms with Crippen LogP contribution < -0.4 is 0 Å². The molecule has 1 fully saturated rings. The van der Waals surface area contributed by atoms with Gasteiger partial charge >= 0.3 is 5.97 Å². The molecule has 1 aliphatic heterocycles. The van der Waals surface area contributed by atoms with Crippen LogP contribution in [0.15, 0.2) is 42.5 Å². The standard InChI is InChI=1S/C19H23NO2/c1-3-22-19(21)18-13-20(2)11-10-17(18)16-9-8-14-6-4-5-7-15(14)12-16/h4-9,12,17-18H,3,10-11,13H2,1-2H3. The van der Waals surface area contributed by atoms with Crippen LogP contribution in [0.4, 0.5) is 0 Å². The maximum atomic E-state index is 12.3. The first kappa shape index (κ1) is 15.0. The molecule has 0 spiro atoms. The third-order valence-corrected chi connectivity index (χ3v) is 4.61. The largest absolute Gasteiger partial charge is 0.466 e. The molecule has 2 atom stereocenters. The number of carbonyl (C=O) groups excluding carboxylic acids is 1. The van der Waals surface area contributed by atoms with E-state index in [1.807, 2.05) is 6.92 Å². The van der Waals surface area contributed by atoms with E-state index in [9.17, 15) is 4.79 Å². The average Bonchev–Trinajstić information content (AvgIpc) is 2.54. The summed E-state index contributed by atoms with van der Waals surface area (Å²) in [7, 11) is 2.07. The Labute approximate surface area is 131 Å². The lowest BCUT2D eigenvalue weighted by molar-refractivity contribution is -0.150. The van der Waals surface area contributed by atoms with E-state index in [2.05, 4.69) is 54.4 Å². The molecule has 1 saturated heterocycles. The first-order chi connectivity index (χ1) is 10.7. The summed E-state index contributed by atoms with van der Waals surface area (Å²) in [6, 6.07) is 14.9. The van der Waals surface area contributed by atoms with Gasteiger partial charge in [0.15, 0.2) is 0 Å². The van der Waals surface area contributed by atoms with E-state index < -0.39 is 0 Å². The second-order valence-corrected chi connectivity index (χ2v) is 6.12. The van der Waals surface area contributed by atoms with Crippen LogP contribution >= 0.6 is 0 Å². The predicted molar refractivity (Wildman–Crippen MR) is 88.9 cm³/mol. The van der Waals surface area contributed by atoms with Crippen molar-refractivity contribution in [3.63, 3.8) is 0 Å². The van der Waals surface area contributed by atoms with Crippen molar-refractivity contribution in [1.29, 1.82) is 0 Å². The molecular weight excluding hydrogens is 274 g/mol. The first-order valence-corrected chi connectivity index (χ1v) is 8.03. The van der Waals surface area contributed by atoms with Gasteiger partial charge in [0.05, 0.1) is 12.5 Å². The third kappa shape index (κ3) is 3.00. The summed E-state index contributed by atoms with van der Waals surface area (Å²) in [5, 5.41) is 2.48. The van der Waals surface area contributed by atoms with Gasteiger partial charge in [-0.05, 0) is 49.2 Å². The van der Waals surface area contributed by atoms with Crippen LogP contribution in [0.25, 0.3) is 10.8 Å². The van der Waals surface area contributed by atoms with E-state index in [0.717, 1.165) is 19.5 Å². The highest BCUT2D eigenvalue weighted by atomic mass is 16.5. The third-order valence-electron chi connectivity index (χ3n) is 4.61. The van der Waals surface area contributed by atoms with Crippen LogP contribution in [0.2, 0.25) is 0 Å². The maximum Gasteiger partial charge on any atom is 0.310 e. The number of nitrogens with zero attached hydrogens (tertiary/aromatic N) is 1. The Kier molecular flexibility index (Phi) is 4.44. The molecule has 116 valence electrons. The number of carbonyl (C=O) groups is 1. The molecule has 0 amide bonds. The minimum Gasteiger partial charge on any atom is -0.466 e. The molecule has 0 N–H and O–H groups in total. The van der Waals surface area contributed by atoms with Crippen LogP contribution in [-0.2, 0) is 9.53 Å². The Morgan fingerprint density at radius 2 is 2.00 bits per heavy atom. The lowest BCUT2D eigenvalue weighted by Gasteiger charge is -2.35. The van der Waals surface area contributed by atoms with Gasteiger partial charge in [0, 0.05) is 6.54 Å². The van der Waals surface area contributed by atoms with Gasteiger partial charge in [-0.15, -0.1) is 0 Å². The fourth-order valence-electron chi connectivity index (χ4n) is 3.44. The van der Waals surface area contributed by atoms with Crippen LogP contribution in [0.1, 0.15) is 24.8 Å². The molecule has 0 radical (unpaired) electrons. The summed E-state index contributed by atoms with van der Waals surface area (Å²) >= 11 is 0. The average molecular weight is 297 g/mol. The Morgan fingerprint density at radius 1 is 1.23 bits per heavy atom.